The van der Waals surface area contributed by atoms with Gasteiger partial charge in [-0.25, -0.2) is 19.6 Å². The summed E-state index contributed by atoms with van der Waals surface area (Å²) in [5, 5.41) is 7.52. The Balaban J connectivity index is 1.04. The van der Waals surface area contributed by atoms with E-state index in [0.717, 1.165) is 46.9 Å². The number of imidazole rings is 2. The number of hydrogen-bond acceptors (Lipinski definition) is 8. The van der Waals surface area contributed by atoms with Crippen LogP contribution >= 0.6 is 0 Å². The molecule has 57 heavy (non-hydrogen) atoms. The number of H-pyrrole nitrogens is 2. The number of alkyl carbamates (subject to hydrolysis) is 2. The van der Waals surface area contributed by atoms with Crippen LogP contribution in [0.15, 0.2) is 48.8 Å². The predicted molar refractivity (Wildman–Crippen MR) is 213 cm³/mol. The van der Waals surface area contributed by atoms with Crippen molar-refractivity contribution >= 4 is 34.8 Å². The molecule has 2 aromatic heterocycles. The average molecular weight is 777 g/mol. The maximum atomic E-state index is 13.9. The molecule has 14 heteroatoms. The van der Waals surface area contributed by atoms with E-state index < -0.39 is 24.3 Å². The highest BCUT2D eigenvalue weighted by atomic mass is 16.5. The third-order valence-electron chi connectivity index (χ3n) is 11.9. The first-order chi connectivity index (χ1) is 27.3. The van der Waals surface area contributed by atoms with E-state index in [1.54, 1.807) is 12.4 Å². The van der Waals surface area contributed by atoms with Crippen LogP contribution in [0.2, 0.25) is 0 Å². The summed E-state index contributed by atoms with van der Waals surface area (Å²) in [7, 11) is 2.58. The largest absolute Gasteiger partial charge is 0.453 e. The number of rotatable bonds is 9. The van der Waals surface area contributed by atoms with Gasteiger partial charge in [-0.2, -0.15) is 0 Å². The standard InChI is InChI=1S/C43H52N8O6/c1-22(2)35(48-42(54)56-7)40(52)50-24(5)9-16-33(50)38-45-21-32(47-38)29-14-13-27-17-26(10-12-28(27)18-29)11-15-30-20-44-39(46-30)34-19-31-25(6)37(31)51(34)41(53)36(23(3)4)49-43(55)57-8/h10,12-14,17-18,20-25,31,33-37H,9,16,19H2,1-8H3,(H,44,46)(H,45,47)(H,48,54)(H,49,55)/t24-,25+,31-,33-,34-,35-,36-,37+/m0/s1. The number of ether oxygens (including phenoxy) is 2. The van der Waals surface area contributed by atoms with Crippen molar-refractivity contribution in [1.82, 2.24) is 40.4 Å². The normalized spacial score (nSPS) is 23.5. The molecule has 8 atom stereocenters. The molecule has 4 aromatic rings. The zero-order chi connectivity index (χ0) is 40.7. The smallest absolute Gasteiger partial charge is 0.407 e. The molecule has 3 aliphatic rings. The van der Waals surface area contributed by atoms with E-state index in [2.05, 4.69) is 56.5 Å². The lowest BCUT2D eigenvalue weighted by Crippen LogP contribution is -2.52. The molecule has 0 unspecified atom stereocenters. The number of piperidine rings is 1. The second-order valence-electron chi connectivity index (χ2n) is 16.3. The van der Waals surface area contributed by atoms with Crippen LogP contribution < -0.4 is 10.6 Å². The van der Waals surface area contributed by atoms with Crippen LogP contribution in [0.5, 0.6) is 0 Å². The number of hydrogen-bond donors (Lipinski definition) is 4. The van der Waals surface area contributed by atoms with Crippen LogP contribution in [-0.4, -0.2) is 92.1 Å². The second kappa shape index (κ2) is 16.0. The number of nitrogens with zero attached hydrogens (tertiary/aromatic N) is 4. The Kier molecular flexibility index (Phi) is 11.0. The van der Waals surface area contributed by atoms with Crippen molar-refractivity contribution in [3.63, 3.8) is 0 Å². The molecule has 7 rings (SSSR count). The van der Waals surface area contributed by atoms with Gasteiger partial charge in [0, 0.05) is 23.2 Å². The van der Waals surface area contributed by atoms with Gasteiger partial charge in [0.15, 0.2) is 0 Å². The summed E-state index contributed by atoms with van der Waals surface area (Å²) >= 11 is 0. The number of methoxy groups -OCH3 is 2. The van der Waals surface area contributed by atoms with E-state index in [9.17, 15) is 19.2 Å². The Morgan fingerprint density at radius 1 is 0.772 bits per heavy atom. The van der Waals surface area contributed by atoms with Gasteiger partial charge >= 0.3 is 12.2 Å². The highest BCUT2D eigenvalue weighted by Gasteiger charge is 2.61. The van der Waals surface area contributed by atoms with Gasteiger partial charge in [0.2, 0.25) is 11.8 Å². The van der Waals surface area contributed by atoms with Crippen LogP contribution in [0.4, 0.5) is 9.59 Å². The number of fused-ring (bicyclic) bond motifs is 2. The summed E-state index contributed by atoms with van der Waals surface area (Å²) in [6, 6.07) is 10.5. The van der Waals surface area contributed by atoms with E-state index in [1.807, 2.05) is 68.7 Å². The van der Waals surface area contributed by atoms with Crippen LogP contribution in [0.25, 0.3) is 22.0 Å². The molecule has 0 spiro atoms. The van der Waals surface area contributed by atoms with Gasteiger partial charge in [-0.3, -0.25) is 9.59 Å². The Bertz CT molecular complexity index is 2230. The predicted octanol–water partition coefficient (Wildman–Crippen LogP) is 6.07. The van der Waals surface area contributed by atoms with Gasteiger partial charge in [-0.05, 0) is 84.7 Å². The molecule has 1 aliphatic carbocycles. The molecule has 300 valence electrons. The van der Waals surface area contributed by atoms with Crippen LogP contribution in [0, 0.1) is 35.5 Å². The zero-order valence-corrected chi connectivity index (χ0v) is 33.8. The van der Waals surface area contributed by atoms with E-state index in [0.29, 0.717) is 29.2 Å². The maximum Gasteiger partial charge on any atom is 0.407 e. The minimum Gasteiger partial charge on any atom is -0.453 e. The fraction of sp³-hybridized carbons (Fsp3) is 0.488. The molecule has 3 fully saturated rings. The van der Waals surface area contributed by atoms with Gasteiger partial charge in [0.05, 0.1) is 44.4 Å². The highest BCUT2D eigenvalue weighted by Crippen LogP contribution is 2.57. The van der Waals surface area contributed by atoms with Crippen LogP contribution in [0.3, 0.4) is 0 Å². The Morgan fingerprint density at radius 3 is 2.05 bits per heavy atom. The summed E-state index contributed by atoms with van der Waals surface area (Å²) in [6.07, 6.45) is 4.65. The van der Waals surface area contributed by atoms with Crippen LogP contribution in [-0.2, 0) is 19.1 Å². The van der Waals surface area contributed by atoms with Gasteiger partial charge < -0.3 is 39.9 Å². The summed E-state index contributed by atoms with van der Waals surface area (Å²) in [4.78, 5) is 71.7. The van der Waals surface area contributed by atoms with Gasteiger partial charge in [-0.15, -0.1) is 0 Å². The van der Waals surface area contributed by atoms with E-state index in [4.69, 9.17) is 14.5 Å². The Hall–Kier alpha value is -5.84. The first-order valence-corrected chi connectivity index (χ1v) is 19.8. The van der Waals surface area contributed by atoms with Crippen LogP contribution in [0.1, 0.15) is 95.8 Å². The van der Waals surface area contributed by atoms with Crippen molar-refractivity contribution in [1.29, 1.82) is 0 Å². The van der Waals surface area contributed by atoms with Crippen molar-refractivity contribution in [2.75, 3.05) is 14.2 Å². The molecular weight excluding hydrogens is 725 g/mol. The lowest BCUT2D eigenvalue weighted by molar-refractivity contribution is -0.138. The molecule has 2 aromatic carbocycles. The average Bonchev–Trinajstić information content (AvgIpc) is 3.82. The molecule has 4 heterocycles. The van der Waals surface area contributed by atoms with Gasteiger partial charge in [-0.1, -0.05) is 58.7 Å². The Labute approximate surface area is 332 Å². The molecule has 14 nitrogen and oxygen atoms in total. The van der Waals surface area contributed by atoms with E-state index >= 15 is 0 Å². The van der Waals surface area contributed by atoms with Crippen molar-refractivity contribution in [3.05, 3.63) is 71.7 Å². The minimum absolute atomic E-state index is 0.00591. The number of aromatic nitrogens is 4. The summed E-state index contributed by atoms with van der Waals surface area (Å²) in [5.74, 6) is 8.17. The first-order valence-electron chi connectivity index (χ1n) is 19.8. The lowest BCUT2D eigenvalue weighted by Gasteiger charge is -2.32. The second-order valence-corrected chi connectivity index (χ2v) is 16.3. The van der Waals surface area contributed by atoms with Crippen molar-refractivity contribution < 1.29 is 28.7 Å². The monoisotopic (exact) mass is 776 g/mol. The third kappa shape index (κ3) is 7.80. The molecule has 1 saturated carbocycles. The first kappa shape index (κ1) is 39.4. The Morgan fingerprint density at radius 2 is 1.39 bits per heavy atom. The topological polar surface area (TPSA) is 175 Å². The van der Waals surface area contributed by atoms with Gasteiger partial charge in [0.1, 0.15) is 29.4 Å². The lowest BCUT2D eigenvalue weighted by atomic mass is 10.0. The molecule has 0 radical (unpaired) electrons. The molecule has 4 N–H and O–H groups in total. The number of carbonyl (C=O) groups is 4. The number of likely N-dealkylation sites (tertiary alicyclic amines) is 2. The molecule has 2 saturated heterocycles. The van der Waals surface area contributed by atoms with Crippen molar-refractivity contribution in [2.24, 2.45) is 23.7 Å². The zero-order valence-electron chi connectivity index (χ0n) is 33.8. The molecular formula is C43H52N8O6. The number of aromatic amines is 2. The SMILES string of the molecule is COC(=O)N[C@H](C(=O)N1[C@@H]2[C@H](C)[C@@H]2C[C@H]1c1ncc(C#Cc2ccc3cc(-c4cnc([C@@H]5CC[C@H](C)N5C(=O)[C@@H](NC(=O)OC)C(C)C)[nH]4)ccc3c2)[nH]1)C(C)C. The summed E-state index contributed by atoms with van der Waals surface area (Å²) in [5.41, 5.74) is 3.31. The maximum absolute atomic E-state index is 13.9. The van der Waals surface area contributed by atoms with Crippen molar-refractivity contribution in [2.45, 2.75) is 97.1 Å². The fourth-order valence-electron chi connectivity index (χ4n) is 8.66. The molecule has 0 bridgehead atoms. The van der Waals surface area contributed by atoms with Crippen molar-refractivity contribution in [3.8, 4) is 23.1 Å². The third-order valence-corrected chi connectivity index (χ3v) is 11.9. The fourth-order valence-corrected chi connectivity index (χ4v) is 8.66. The summed E-state index contributed by atoms with van der Waals surface area (Å²) < 4.78 is 9.58. The van der Waals surface area contributed by atoms with E-state index in [1.165, 1.54) is 14.2 Å². The van der Waals surface area contributed by atoms with E-state index in [-0.39, 0.29) is 47.8 Å². The summed E-state index contributed by atoms with van der Waals surface area (Å²) in [6.45, 7) is 11.8. The quantitative estimate of drug-likeness (QED) is 0.148. The number of carbonyl (C=O) groups excluding carboxylic acids is 4. The van der Waals surface area contributed by atoms with Gasteiger partial charge in [0.25, 0.3) is 0 Å². The number of amides is 4. The number of nitrogens with one attached hydrogen (secondary N) is 4. The number of benzene rings is 2. The minimum atomic E-state index is -0.710. The molecule has 2 aliphatic heterocycles. The molecule has 4 amide bonds. The highest BCUT2D eigenvalue weighted by molar-refractivity contribution is 5.89.